The van der Waals surface area contributed by atoms with Gasteiger partial charge in [-0.25, -0.2) is 0 Å². The van der Waals surface area contributed by atoms with Gasteiger partial charge in [-0.3, -0.25) is 4.79 Å². The summed E-state index contributed by atoms with van der Waals surface area (Å²) in [5.74, 6) is 0.887. The van der Waals surface area contributed by atoms with Gasteiger partial charge in [-0.2, -0.15) is 0 Å². The van der Waals surface area contributed by atoms with E-state index in [-0.39, 0.29) is 11.9 Å². The van der Waals surface area contributed by atoms with Gasteiger partial charge in [0, 0.05) is 7.11 Å². The summed E-state index contributed by atoms with van der Waals surface area (Å²) in [4.78, 5) is 11.8. The monoisotopic (exact) mass is 280 g/mol. The average molecular weight is 280 g/mol. The molecule has 0 aliphatic carbocycles. The van der Waals surface area contributed by atoms with Crippen LogP contribution in [0.5, 0.6) is 5.75 Å². The molecule has 112 valence electrons. The van der Waals surface area contributed by atoms with Crippen molar-refractivity contribution in [1.29, 1.82) is 0 Å². The second kappa shape index (κ2) is 8.43. The predicted molar refractivity (Wildman–Crippen MR) is 79.6 cm³/mol. The van der Waals surface area contributed by atoms with Gasteiger partial charge in [0.2, 0.25) is 5.91 Å². The molecule has 0 heterocycles. The molecule has 0 aliphatic heterocycles. The lowest BCUT2D eigenvalue weighted by Gasteiger charge is -2.21. The number of nitrogen functional groups attached to an aromatic ring is 1. The van der Waals surface area contributed by atoms with E-state index in [4.69, 9.17) is 15.2 Å². The van der Waals surface area contributed by atoms with Gasteiger partial charge in [0.1, 0.15) is 5.75 Å². The lowest BCUT2D eigenvalue weighted by molar-refractivity contribution is -0.123. The van der Waals surface area contributed by atoms with Crippen LogP contribution in [-0.4, -0.2) is 32.3 Å². The maximum atomic E-state index is 11.8. The van der Waals surface area contributed by atoms with Crippen LogP contribution in [0.15, 0.2) is 24.3 Å². The predicted octanol–water partition coefficient (Wildman–Crippen LogP) is 1.82. The Hall–Kier alpha value is -1.75. The number of hydrogen-bond donors (Lipinski definition) is 2. The van der Waals surface area contributed by atoms with Crippen LogP contribution >= 0.6 is 0 Å². The second-order valence-electron chi connectivity index (χ2n) is 5.01. The maximum absolute atomic E-state index is 11.8. The number of anilines is 1. The summed E-state index contributed by atoms with van der Waals surface area (Å²) in [7, 11) is 1.63. The van der Waals surface area contributed by atoms with E-state index >= 15 is 0 Å². The highest BCUT2D eigenvalue weighted by Gasteiger charge is 2.15. The molecule has 0 radical (unpaired) electrons. The van der Waals surface area contributed by atoms with Gasteiger partial charge >= 0.3 is 0 Å². The highest BCUT2D eigenvalue weighted by molar-refractivity contribution is 5.76. The van der Waals surface area contributed by atoms with Gasteiger partial charge in [0.25, 0.3) is 0 Å². The summed E-state index contributed by atoms with van der Waals surface area (Å²) >= 11 is 0. The lowest BCUT2D eigenvalue weighted by Crippen LogP contribution is -2.42. The van der Waals surface area contributed by atoms with Crippen LogP contribution < -0.4 is 15.8 Å². The van der Waals surface area contributed by atoms with E-state index in [0.29, 0.717) is 37.0 Å². The first-order valence-electron chi connectivity index (χ1n) is 6.80. The molecule has 1 unspecified atom stereocenters. The molecular formula is C15H24N2O3. The van der Waals surface area contributed by atoms with Crippen LogP contribution in [0.4, 0.5) is 5.69 Å². The van der Waals surface area contributed by atoms with Crippen molar-refractivity contribution >= 4 is 11.6 Å². The fourth-order valence-electron chi connectivity index (χ4n) is 1.72. The molecule has 0 spiro atoms. The zero-order valence-electron chi connectivity index (χ0n) is 12.4. The van der Waals surface area contributed by atoms with Crippen LogP contribution in [0, 0.1) is 5.92 Å². The first kappa shape index (κ1) is 16.3. The third kappa shape index (κ3) is 5.48. The summed E-state index contributed by atoms with van der Waals surface area (Å²) in [5, 5.41) is 2.94. The minimum atomic E-state index is -0.0461. The van der Waals surface area contributed by atoms with E-state index < -0.39 is 0 Å². The first-order chi connectivity index (χ1) is 9.54. The van der Waals surface area contributed by atoms with E-state index in [1.807, 2.05) is 26.0 Å². The molecule has 20 heavy (non-hydrogen) atoms. The van der Waals surface area contributed by atoms with Gasteiger partial charge in [0.05, 0.1) is 31.4 Å². The number of rotatable bonds is 8. The minimum Gasteiger partial charge on any atom is -0.491 e. The van der Waals surface area contributed by atoms with Crippen molar-refractivity contribution in [3.63, 3.8) is 0 Å². The Balaban J connectivity index is 2.34. The van der Waals surface area contributed by atoms with Gasteiger partial charge in [0.15, 0.2) is 0 Å². The Morgan fingerprint density at radius 1 is 1.35 bits per heavy atom. The van der Waals surface area contributed by atoms with Crippen LogP contribution in [0.1, 0.15) is 20.3 Å². The van der Waals surface area contributed by atoms with E-state index in [2.05, 4.69) is 5.32 Å². The number of ether oxygens (including phenoxy) is 2. The molecule has 3 N–H and O–H groups in total. The van der Waals surface area contributed by atoms with Crippen LogP contribution in [0.25, 0.3) is 0 Å². The molecule has 1 atom stereocenters. The van der Waals surface area contributed by atoms with E-state index in [1.165, 1.54) is 0 Å². The van der Waals surface area contributed by atoms with E-state index in [1.54, 1.807) is 19.2 Å². The fourth-order valence-corrected chi connectivity index (χ4v) is 1.72. The van der Waals surface area contributed by atoms with Gasteiger partial charge < -0.3 is 20.5 Å². The SMILES string of the molecule is COCC(NC(=O)CCOc1ccccc1N)C(C)C. The number of nitrogens with one attached hydrogen (secondary N) is 1. The second-order valence-corrected chi connectivity index (χ2v) is 5.01. The van der Waals surface area contributed by atoms with Crippen molar-refractivity contribution in [2.75, 3.05) is 26.1 Å². The quantitative estimate of drug-likeness (QED) is 0.712. The van der Waals surface area contributed by atoms with Crippen molar-refractivity contribution in [1.82, 2.24) is 5.32 Å². The number of methoxy groups -OCH3 is 1. The Bertz CT molecular complexity index is 421. The Morgan fingerprint density at radius 2 is 2.05 bits per heavy atom. The molecule has 1 aromatic rings. The number of amides is 1. The zero-order valence-corrected chi connectivity index (χ0v) is 12.4. The summed E-state index contributed by atoms with van der Waals surface area (Å²) < 4.78 is 10.6. The molecule has 1 amide bonds. The van der Waals surface area contributed by atoms with E-state index in [9.17, 15) is 4.79 Å². The van der Waals surface area contributed by atoms with Gasteiger partial charge in [-0.15, -0.1) is 0 Å². The molecule has 0 bridgehead atoms. The lowest BCUT2D eigenvalue weighted by atomic mass is 10.1. The number of carbonyl (C=O) groups is 1. The number of carbonyl (C=O) groups excluding carboxylic acids is 1. The molecule has 0 aliphatic rings. The van der Waals surface area contributed by atoms with Crippen molar-refractivity contribution in [3.8, 4) is 5.75 Å². The maximum Gasteiger partial charge on any atom is 0.223 e. The molecule has 1 rings (SSSR count). The largest absolute Gasteiger partial charge is 0.491 e. The molecule has 0 saturated carbocycles. The summed E-state index contributed by atoms with van der Waals surface area (Å²) in [6.45, 7) is 4.91. The smallest absolute Gasteiger partial charge is 0.223 e. The number of nitrogens with two attached hydrogens (primary N) is 1. The highest BCUT2D eigenvalue weighted by Crippen LogP contribution is 2.19. The molecule has 1 aromatic carbocycles. The third-order valence-corrected chi connectivity index (χ3v) is 3.00. The topological polar surface area (TPSA) is 73.6 Å². The van der Waals surface area contributed by atoms with Crippen LogP contribution in [0.2, 0.25) is 0 Å². The molecular weight excluding hydrogens is 256 g/mol. The third-order valence-electron chi connectivity index (χ3n) is 3.00. The van der Waals surface area contributed by atoms with Crippen molar-refractivity contribution in [3.05, 3.63) is 24.3 Å². The molecule has 0 saturated heterocycles. The molecule has 0 aromatic heterocycles. The van der Waals surface area contributed by atoms with Crippen LogP contribution in [0.3, 0.4) is 0 Å². The van der Waals surface area contributed by atoms with Gasteiger partial charge in [-0.05, 0) is 18.1 Å². The number of benzene rings is 1. The standard InChI is InChI=1S/C15H24N2O3/c1-11(2)13(10-19-3)17-15(18)8-9-20-14-7-5-4-6-12(14)16/h4-7,11,13H,8-10,16H2,1-3H3,(H,17,18). The zero-order chi connectivity index (χ0) is 15.0. The minimum absolute atomic E-state index is 0.0225. The molecule has 0 fully saturated rings. The number of para-hydroxylation sites is 2. The summed E-state index contributed by atoms with van der Waals surface area (Å²) in [5.41, 5.74) is 6.33. The Labute approximate surface area is 120 Å². The Morgan fingerprint density at radius 3 is 2.65 bits per heavy atom. The van der Waals surface area contributed by atoms with E-state index in [0.717, 1.165) is 0 Å². The van der Waals surface area contributed by atoms with Gasteiger partial charge in [-0.1, -0.05) is 26.0 Å². The Kier molecular flexibility index (Phi) is 6.87. The van der Waals surface area contributed by atoms with Crippen molar-refractivity contribution in [2.24, 2.45) is 5.92 Å². The number of hydrogen-bond acceptors (Lipinski definition) is 4. The normalized spacial score (nSPS) is 12.2. The average Bonchev–Trinajstić information content (AvgIpc) is 2.40. The summed E-state index contributed by atoms with van der Waals surface area (Å²) in [6, 6.07) is 7.26. The summed E-state index contributed by atoms with van der Waals surface area (Å²) in [6.07, 6.45) is 0.293. The van der Waals surface area contributed by atoms with Crippen LogP contribution in [-0.2, 0) is 9.53 Å². The van der Waals surface area contributed by atoms with Crippen molar-refractivity contribution < 1.29 is 14.3 Å². The molecule has 5 nitrogen and oxygen atoms in total. The molecule has 5 heteroatoms. The first-order valence-corrected chi connectivity index (χ1v) is 6.80. The highest BCUT2D eigenvalue weighted by atomic mass is 16.5. The fraction of sp³-hybridized carbons (Fsp3) is 0.533. The van der Waals surface area contributed by atoms with Crippen molar-refractivity contribution in [2.45, 2.75) is 26.3 Å².